The predicted octanol–water partition coefficient (Wildman–Crippen LogP) is 4.18. The quantitative estimate of drug-likeness (QED) is 0.851. The van der Waals surface area contributed by atoms with E-state index in [2.05, 4.69) is 0 Å². The molecule has 3 nitrogen and oxygen atoms in total. The maximum absolute atomic E-state index is 12.6. The van der Waals surface area contributed by atoms with Crippen molar-refractivity contribution >= 4 is 20.8 Å². The summed E-state index contributed by atoms with van der Waals surface area (Å²) < 4.78 is 26.8. The lowest BCUT2D eigenvalue weighted by molar-refractivity contribution is 0.408. The van der Waals surface area contributed by atoms with Gasteiger partial charge in [0.2, 0.25) is 10.0 Å². The Morgan fingerprint density at radius 1 is 1.09 bits per heavy atom. The van der Waals surface area contributed by atoms with Gasteiger partial charge in [0.1, 0.15) is 0 Å². The van der Waals surface area contributed by atoms with E-state index in [0.717, 1.165) is 29.2 Å². The van der Waals surface area contributed by atoms with E-state index >= 15 is 0 Å². The number of rotatable bonds is 3. The minimum atomic E-state index is -3.22. The number of hydrogen-bond donors (Lipinski definition) is 0. The Hall–Kier alpha value is -1.39. The molecule has 1 saturated heterocycles. The van der Waals surface area contributed by atoms with Gasteiger partial charge in [0, 0.05) is 12.6 Å². The first-order valence-electron chi connectivity index (χ1n) is 8.04. The summed E-state index contributed by atoms with van der Waals surface area (Å²) >= 11 is 0. The summed E-state index contributed by atoms with van der Waals surface area (Å²) in [5.41, 5.74) is 0.891. The molecule has 4 heteroatoms. The van der Waals surface area contributed by atoms with Gasteiger partial charge in [0.05, 0.1) is 5.75 Å². The molecule has 1 atom stereocenters. The summed E-state index contributed by atoms with van der Waals surface area (Å²) in [7, 11) is -3.22. The van der Waals surface area contributed by atoms with Crippen LogP contribution in [0.3, 0.4) is 0 Å². The van der Waals surface area contributed by atoms with Crippen molar-refractivity contribution in [3.05, 3.63) is 48.0 Å². The molecule has 0 aliphatic carbocycles. The number of benzene rings is 2. The van der Waals surface area contributed by atoms with Crippen molar-refractivity contribution in [1.82, 2.24) is 4.31 Å². The smallest absolute Gasteiger partial charge is 0.212 e. The number of sulfonamides is 1. The molecule has 1 aliphatic heterocycles. The molecular formula is C18H25NO2S. The van der Waals surface area contributed by atoms with Crippen LogP contribution in [0, 0.1) is 0 Å². The van der Waals surface area contributed by atoms with Crippen molar-refractivity contribution in [3.8, 4) is 0 Å². The molecule has 0 amide bonds. The average molecular weight is 319 g/mol. The fourth-order valence-electron chi connectivity index (χ4n) is 3.02. The number of hydrogen-bond acceptors (Lipinski definition) is 2. The highest BCUT2D eigenvalue weighted by Gasteiger charge is 2.31. The van der Waals surface area contributed by atoms with Crippen LogP contribution in [0.15, 0.2) is 42.5 Å². The fourth-order valence-corrected chi connectivity index (χ4v) is 4.89. The second kappa shape index (κ2) is 7.25. The monoisotopic (exact) mass is 319 g/mol. The zero-order valence-electron chi connectivity index (χ0n) is 13.6. The van der Waals surface area contributed by atoms with E-state index in [0.29, 0.717) is 6.54 Å². The van der Waals surface area contributed by atoms with Crippen LogP contribution in [-0.2, 0) is 15.8 Å². The Balaban J connectivity index is 0.000000847. The van der Waals surface area contributed by atoms with Crippen LogP contribution in [-0.4, -0.2) is 25.3 Å². The second-order valence-corrected chi connectivity index (χ2v) is 7.42. The molecule has 3 rings (SSSR count). The summed E-state index contributed by atoms with van der Waals surface area (Å²) in [6.45, 7) is 6.65. The van der Waals surface area contributed by atoms with Crippen molar-refractivity contribution < 1.29 is 8.42 Å². The zero-order valence-corrected chi connectivity index (χ0v) is 14.4. The first-order valence-corrected chi connectivity index (χ1v) is 9.65. The lowest BCUT2D eigenvalue weighted by atomic mass is 10.1. The molecule has 0 saturated carbocycles. The lowest BCUT2D eigenvalue weighted by Gasteiger charge is -2.21. The predicted molar refractivity (Wildman–Crippen MR) is 93.3 cm³/mol. The minimum Gasteiger partial charge on any atom is -0.212 e. The number of fused-ring (bicyclic) bond motifs is 1. The van der Waals surface area contributed by atoms with Gasteiger partial charge in [-0.1, -0.05) is 56.3 Å². The van der Waals surface area contributed by atoms with Gasteiger partial charge < -0.3 is 0 Å². The standard InChI is InChI=1S/C16H19NO2S.C2H6/c1-13-6-5-11-17(13)20(18,19)12-15-9-4-8-14-7-2-3-10-16(14)15;1-2/h2-4,7-10,13H,5-6,11-12H2,1H3;1-2H3. The van der Waals surface area contributed by atoms with Gasteiger partial charge >= 0.3 is 0 Å². The van der Waals surface area contributed by atoms with E-state index in [1.165, 1.54) is 0 Å². The molecule has 2 aromatic carbocycles. The van der Waals surface area contributed by atoms with Gasteiger partial charge in [0.25, 0.3) is 0 Å². The molecule has 0 spiro atoms. The summed E-state index contributed by atoms with van der Waals surface area (Å²) in [5.74, 6) is 0.0959. The van der Waals surface area contributed by atoms with E-state index in [1.807, 2.05) is 63.2 Å². The van der Waals surface area contributed by atoms with E-state index in [-0.39, 0.29) is 11.8 Å². The van der Waals surface area contributed by atoms with Gasteiger partial charge in [-0.05, 0) is 36.1 Å². The lowest BCUT2D eigenvalue weighted by Crippen LogP contribution is -2.34. The SMILES string of the molecule is CC.CC1CCCN1S(=O)(=O)Cc1cccc2ccccc12. The normalized spacial score (nSPS) is 19.0. The van der Waals surface area contributed by atoms with Crippen LogP contribution in [0.1, 0.15) is 39.2 Å². The van der Waals surface area contributed by atoms with Crippen LogP contribution in [0.2, 0.25) is 0 Å². The van der Waals surface area contributed by atoms with Gasteiger partial charge in [-0.3, -0.25) is 0 Å². The second-order valence-electron chi connectivity index (χ2n) is 5.50. The molecule has 0 aromatic heterocycles. The highest BCUT2D eigenvalue weighted by Crippen LogP contribution is 2.26. The van der Waals surface area contributed by atoms with Gasteiger partial charge in [-0.15, -0.1) is 0 Å². The highest BCUT2D eigenvalue weighted by atomic mass is 32.2. The van der Waals surface area contributed by atoms with Gasteiger partial charge in [0.15, 0.2) is 0 Å². The molecule has 120 valence electrons. The molecule has 1 fully saturated rings. The Kier molecular flexibility index (Phi) is 5.59. The zero-order chi connectivity index (χ0) is 16.2. The molecule has 0 bridgehead atoms. The summed E-state index contributed by atoms with van der Waals surface area (Å²) in [4.78, 5) is 0. The summed E-state index contributed by atoms with van der Waals surface area (Å²) in [6.07, 6.45) is 1.94. The molecule has 22 heavy (non-hydrogen) atoms. The van der Waals surface area contributed by atoms with Crippen LogP contribution in [0.4, 0.5) is 0 Å². The third kappa shape index (κ3) is 3.50. The minimum absolute atomic E-state index is 0.0959. The molecule has 0 radical (unpaired) electrons. The van der Waals surface area contributed by atoms with Crippen molar-refractivity contribution in [3.63, 3.8) is 0 Å². The van der Waals surface area contributed by atoms with Gasteiger partial charge in [-0.25, -0.2) is 8.42 Å². The third-order valence-corrected chi connectivity index (χ3v) is 6.00. The van der Waals surface area contributed by atoms with E-state index < -0.39 is 10.0 Å². The van der Waals surface area contributed by atoms with Crippen LogP contribution in [0.25, 0.3) is 10.8 Å². The van der Waals surface area contributed by atoms with Crippen LogP contribution >= 0.6 is 0 Å². The van der Waals surface area contributed by atoms with Crippen molar-refractivity contribution in [2.75, 3.05) is 6.54 Å². The Bertz CT molecular complexity index is 719. The van der Waals surface area contributed by atoms with E-state index in [1.54, 1.807) is 4.31 Å². The van der Waals surface area contributed by atoms with Crippen LogP contribution < -0.4 is 0 Å². The van der Waals surface area contributed by atoms with Crippen molar-refractivity contribution in [2.45, 2.75) is 45.4 Å². The van der Waals surface area contributed by atoms with Crippen LogP contribution in [0.5, 0.6) is 0 Å². The molecule has 1 unspecified atom stereocenters. The maximum Gasteiger partial charge on any atom is 0.218 e. The Labute approximate surface area is 134 Å². The van der Waals surface area contributed by atoms with Crippen molar-refractivity contribution in [1.29, 1.82) is 0 Å². The highest BCUT2D eigenvalue weighted by molar-refractivity contribution is 7.88. The average Bonchev–Trinajstić information content (AvgIpc) is 2.97. The van der Waals surface area contributed by atoms with Crippen molar-refractivity contribution in [2.24, 2.45) is 0 Å². The maximum atomic E-state index is 12.6. The summed E-state index contributed by atoms with van der Waals surface area (Å²) in [5, 5.41) is 2.13. The van der Waals surface area contributed by atoms with E-state index in [9.17, 15) is 8.42 Å². The van der Waals surface area contributed by atoms with Gasteiger partial charge in [-0.2, -0.15) is 4.31 Å². The number of nitrogens with zero attached hydrogens (tertiary/aromatic N) is 1. The molecule has 1 heterocycles. The van der Waals surface area contributed by atoms with E-state index in [4.69, 9.17) is 0 Å². The molecular weight excluding hydrogens is 294 g/mol. The Morgan fingerprint density at radius 2 is 1.77 bits per heavy atom. The fraction of sp³-hybridized carbons (Fsp3) is 0.444. The molecule has 0 N–H and O–H groups in total. The molecule has 1 aliphatic rings. The first-order chi connectivity index (χ1) is 10.6. The Morgan fingerprint density at radius 3 is 2.45 bits per heavy atom. The largest absolute Gasteiger partial charge is 0.218 e. The first kappa shape index (κ1) is 17.0. The molecule has 2 aromatic rings. The topological polar surface area (TPSA) is 37.4 Å². The summed E-state index contributed by atoms with van der Waals surface area (Å²) in [6, 6.07) is 13.9. The third-order valence-electron chi connectivity index (χ3n) is 4.07.